The molecule has 1 aromatic heterocycles. The summed E-state index contributed by atoms with van der Waals surface area (Å²) in [6.45, 7) is 0.635. The second-order valence-electron chi connectivity index (χ2n) is 4.44. The van der Waals surface area contributed by atoms with Gasteiger partial charge in [0, 0.05) is 6.54 Å². The van der Waals surface area contributed by atoms with E-state index in [2.05, 4.69) is 10.6 Å². The molecule has 0 radical (unpaired) electrons. The van der Waals surface area contributed by atoms with E-state index < -0.39 is 5.97 Å². The second-order valence-corrected chi connectivity index (χ2v) is 5.35. The van der Waals surface area contributed by atoms with Gasteiger partial charge in [0.1, 0.15) is 5.00 Å². The van der Waals surface area contributed by atoms with E-state index in [1.54, 1.807) is 5.38 Å². The lowest BCUT2D eigenvalue weighted by atomic mass is 10.2. The number of nitrogens with one attached hydrogen (secondary N) is 2. The second kappa shape index (κ2) is 5.86. The highest BCUT2D eigenvalue weighted by atomic mass is 32.1. The molecule has 0 aliphatic heterocycles. The summed E-state index contributed by atoms with van der Waals surface area (Å²) in [5.74, 6) is -0.161. The molecule has 6 heteroatoms. The van der Waals surface area contributed by atoms with Crippen LogP contribution in [0.4, 0.5) is 9.80 Å². The van der Waals surface area contributed by atoms with Crippen LogP contribution in [0.15, 0.2) is 11.4 Å². The van der Waals surface area contributed by atoms with Gasteiger partial charge in [-0.25, -0.2) is 9.59 Å². The van der Waals surface area contributed by atoms with Crippen LogP contribution in [-0.4, -0.2) is 23.7 Å². The minimum atomic E-state index is -1.03. The Labute approximate surface area is 109 Å². The van der Waals surface area contributed by atoms with Crippen LogP contribution in [-0.2, 0) is 0 Å². The van der Waals surface area contributed by atoms with Gasteiger partial charge in [-0.05, 0) is 30.2 Å². The minimum absolute atomic E-state index is 0.133. The van der Waals surface area contributed by atoms with Crippen molar-refractivity contribution in [2.24, 2.45) is 5.92 Å². The van der Waals surface area contributed by atoms with Crippen LogP contribution >= 0.6 is 11.3 Å². The molecule has 1 aliphatic rings. The molecule has 0 bridgehead atoms. The molecule has 1 saturated carbocycles. The van der Waals surface area contributed by atoms with Gasteiger partial charge in [-0.15, -0.1) is 11.3 Å². The monoisotopic (exact) mass is 268 g/mol. The standard InChI is InChI=1S/C12H16N2O3S/c15-11(16)9-5-7-18-10(9)14-12(17)13-6-1-2-8-3-4-8/h5,7-8H,1-4,6H2,(H,15,16)(H2,13,14,17). The van der Waals surface area contributed by atoms with Crippen LogP contribution in [0.5, 0.6) is 0 Å². The lowest BCUT2D eigenvalue weighted by molar-refractivity contribution is 0.0698. The molecular formula is C12H16N2O3S. The van der Waals surface area contributed by atoms with Gasteiger partial charge in [0.15, 0.2) is 0 Å². The third-order valence-corrected chi connectivity index (χ3v) is 3.72. The Hall–Kier alpha value is -1.56. The third-order valence-electron chi connectivity index (χ3n) is 2.89. The Balaban J connectivity index is 1.72. The van der Waals surface area contributed by atoms with E-state index in [-0.39, 0.29) is 11.6 Å². The van der Waals surface area contributed by atoms with Gasteiger partial charge in [0.2, 0.25) is 0 Å². The summed E-state index contributed by atoms with van der Waals surface area (Å²) in [6.07, 6.45) is 4.79. The Bertz CT molecular complexity index is 440. The van der Waals surface area contributed by atoms with E-state index in [9.17, 15) is 9.59 Å². The molecule has 0 unspecified atom stereocenters. The summed E-state index contributed by atoms with van der Waals surface area (Å²) in [4.78, 5) is 22.4. The van der Waals surface area contributed by atoms with E-state index in [0.29, 0.717) is 11.5 Å². The zero-order valence-electron chi connectivity index (χ0n) is 9.94. The van der Waals surface area contributed by atoms with Crippen molar-refractivity contribution in [3.63, 3.8) is 0 Å². The third kappa shape index (κ3) is 3.73. The first-order chi connectivity index (χ1) is 8.66. The molecule has 1 heterocycles. The molecule has 2 amide bonds. The molecule has 0 atom stereocenters. The van der Waals surface area contributed by atoms with Crippen molar-refractivity contribution in [1.29, 1.82) is 0 Å². The summed E-state index contributed by atoms with van der Waals surface area (Å²) in [5.41, 5.74) is 0.133. The normalized spacial score (nSPS) is 14.2. The predicted octanol–water partition coefficient (Wildman–Crippen LogP) is 2.76. The number of amides is 2. The summed E-state index contributed by atoms with van der Waals surface area (Å²) >= 11 is 1.21. The maximum atomic E-state index is 11.5. The van der Waals surface area contributed by atoms with Crippen LogP contribution in [0.25, 0.3) is 0 Å². The number of anilines is 1. The van der Waals surface area contributed by atoms with E-state index in [0.717, 1.165) is 12.3 Å². The summed E-state index contributed by atoms with van der Waals surface area (Å²) in [6, 6.07) is 1.14. The molecule has 5 nitrogen and oxygen atoms in total. The van der Waals surface area contributed by atoms with Crippen LogP contribution < -0.4 is 10.6 Å². The molecule has 1 aliphatic carbocycles. The van der Waals surface area contributed by atoms with Crippen molar-refractivity contribution in [3.8, 4) is 0 Å². The maximum absolute atomic E-state index is 11.5. The van der Waals surface area contributed by atoms with E-state index in [4.69, 9.17) is 5.11 Å². The zero-order chi connectivity index (χ0) is 13.0. The summed E-state index contributed by atoms with van der Waals surface area (Å²) in [5, 5.41) is 16.2. The topological polar surface area (TPSA) is 78.4 Å². The number of hydrogen-bond acceptors (Lipinski definition) is 3. The number of aromatic carboxylic acids is 1. The van der Waals surface area contributed by atoms with Gasteiger partial charge in [-0.3, -0.25) is 5.32 Å². The predicted molar refractivity (Wildman–Crippen MR) is 70.3 cm³/mol. The number of hydrogen-bond donors (Lipinski definition) is 3. The lowest BCUT2D eigenvalue weighted by Crippen LogP contribution is -2.29. The Kier molecular flexibility index (Phi) is 4.19. The molecule has 3 N–H and O–H groups in total. The van der Waals surface area contributed by atoms with Crippen LogP contribution in [0, 0.1) is 5.92 Å². The van der Waals surface area contributed by atoms with Gasteiger partial charge >= 0.3 is 12.0 Å². The van der Waals surface area contributed by atoms with Crippen molar-refractivity contribution in [2.45, 2.75) is 25.7 Å². The number of carboxylic acids is 1. The molecule has 0 aromatic carbocycles. The number of urea groups is 1. The van der Waals surface area contributed by atoms with Crippen molar-refractivity contribution in [3.05, 3.63) is 17.0 Å². The average molecular weight is 268 g/mol. The first-order valence-corrected chi connectivity index (χ1v) is 6.90. The number of carbonyl (C=O) groups excluding carboxylic acids is 1. The van der Waals surface area contributed by atoms with Gasteiger partial charge in [0.05, 0.1) is 5.56 Å². The van der Waals surface area contributed by atoms with Crippen molar-refractivity contribution in [1.82, 2.24) is 5.32 Å². The van der Waals surface area contributed by atoms with Crippen molar-refractivity contribution >= 4 is 28.3 Å². The first kappa shape index (κ1) is 12.9. The van der Waals surface area contributed by atoms with Crippen LogP contribution in [0.3, 0.4) is 0 Å². The fraction of sp³-hybridized carbons (Fsp3) is 0.500. The van der Waals surface area contributed by atoms with Crippen molar-refractivity contribution < 1.29 is 14.7 Å². The van der Waals surface area contributed by atoms with E-state index in [1.807, 2.05) is 0 Å². The van der Waals surface area contributed by atoms with Gasteiger partial charge in [-0.1, -0.05) is 12.8 Å². The molecule has 0 saturated heterocycles. The number of carbonyl (C=O) groups is 2. The minimum Gasteiger partial charge on any atom is -0.478 e. The highest BCUT2D eigenvalue weighted by Gasteiger charge is 2.20. The highest BCUT2D eigenvalue weighted by molar-refractivity contribution is 7.14. The Morgan fingerprint density at radius 2 is 2.22 bits per heavy atom. The van der Waals surface area contributed by atoms with Gasteiger partial charge < -0.3 is 10.4 Å². The largest absolute Gasteiger partial charge is 0.478 e. The molecule has 1 aromatic rings. The zero-order valence-corrected chi connectivity index (χ0v) is 10.8. The van der Waals surface area contributed by atoms with Crippen LogP contribution in [0.2, 0.25) is 0 Å². The Morgan fingerprint density at radius 1 is 1.44 bits per heavy atom. The van der Waals surface area contributed by atoms with E-state index >= 15 is 0 Å². The fourth-order valence-electron chi connectivity index (χ4n) is 1.72. The number of rotatable bonds is 6. The molecule has 2 rings (SSSR count). The van der Waals surface area contributed by atoms with Gasteiger partial charge in [-0.2, -0.15) is 0 Å². The van der Waals surface area contributed by atoms with Crippen molar-refractivity contribution in [2.75, 3.05) is 11.9 Å². The molecular weight excluding hydrogens is 252 g/mol. The smallest absolute Gasteiger partial charge is 0.338 e. The molecule has 1 fully saturated rings. The SMILES string of the molecule is O=C(NCCCC1CC1)Nc1sccc1C(=O)O. The summed E-state index contributed by atoms with van der Waals surface area (Å²) in [7, 11) is 0. The van der Waals surface area contributed by atoms with Crippen LogP contribution in [0.1, 0.15) is 36.0 Å². The quantitative estimate of drug-likeness (QED) is 0.694. The Morgan fingerprint density at radius 3 is 2.89 bits per heavy atom. The lowest BCUT2D eigenvalue weighted by Gasteiger charge is -2.06. The number of carboxylic acid groups (broad SMARTS) is 1. The van der Waals surface area contributed by atoms with E-state index in [1.165, 1.54) is 36.7 Å². The van der Waals surface area contributed by atoms with Gasteiger partial charge in [0.25, 0.3) is 0 Å². The molecule has 18 heavy (non-hydrogen) atoms. The highest BCUT2D eigenvalue weighted by Crippen LogP contribution is 2.33. The fourth-order valence-corrected chi connectivity index (χ4v) is 2.50. The number of thiophene rings is 1. The molecule has 98 valence electrons. The first-order valence-electron chi connectivity index (χ1n) is 6.02. The summed E-state index contributed by atoms with van der Waals surface area (Å²) < 4.78 is 0. The maximum Gasteiger partial charge on any atom is 0.338 e. The molecule has 0 spiro atoms. The average Bonchev–Trinajstić information content (AvgIpc) is 3.03.